The Morgan fingerprint density at radius 3 is 2.67 bits per heavy atom. The van der Waals surface area contributed by atoms with Crippen LogP contribution in [0.5, 0.6) is 0 Å². The van der Waals surface area contributed by atoms with Crippen molar-refractivity contribution in [3.05, 3.63) is 88.3 Å². The van der Waals surface area contributed by atoms with Gasteiger partial charge in [0, 0.05) is 29.7 Å². The van der Waals surface area contributed by atoms with Crippen LogP contribution in [-0.4, -0.2) is 41.6 Å². The molecule has 1 aliphatic heterocycles. The zero-order valence-corrected chi connectivity index (χ0v) is 16.8. The van der Waals surface area contributed by atoms with Crippen molar-refractivity contribution >= 4 is 23.4 Å². The second kappa shape index (κ2) is 9.11. The van der Waals surface area contributed by atoms with Crippen molar-refractivity contribution in [1.29, 1.82) is 0 Å². The van der Waals surface area contributed by atoms with Gasteiger partial charge in [-0.1, -0.05) is 47.1 Å². The van der Waals surface area contributed by atoms with E-state index in [0.29, 0.717) is 36.0 Å². The van der Waals surface area contributed by atoms with E-state index in [9.17, 15) is 9.59 Å². The molecule has 2 aromatic carbocycles. The van der Waals surface area contributed by atoms with Crippen molar-refractivity contribution in [2.24, 2.45) is 0 Å². The zero-order valence-electron chi connectivity index (χ0n) is 16.1. The second-order valence-corrected chi connectivity index (χ2v) is 7.32. The normalized spacial score (nSPS) is 16.3. The van der Waals surface area contributed by atoms with Gasteiger partial charge in [0.15, 0.2) is 11.5 Å². The average molecular weight is 426 g/mol. The number of benzene rings is 2. The Hall–Kier alpha value is -3.16. The van der Waals surface area contributed by atoms with Gasteiger partial charge in [-0.2, -0.15) is 0 Å². The summed E-state index contributed by atoms with van der Waals surface area (Å²) in [5.74, 6) is -0.102. The molecule has 2 amide bonds. The Balaban J connectivity index is 1.47. The molecule has 1 saturated heterocycles. The van der Waals surface area contributed by atoms with Crippen LogP contribution < -0.4 is 5.32 Å². The maximum Gasteiger partial charge on any atom is 0.273 e. The number of carbonyl (C=O) groups excluding carboxylic acids is 2. The third-order valence-electron chi connectivity index (χ3n) is 4.87. The molecule has 30 heavy (non-hydrogen) atoms. The van der Waals surface area contributed by atoms with Gasteiger partial charge in [0.1, 0.15) is 6.04 Å². The van der Waals surface area contributed by atoms with Gasteiger partial charge in [0.2, 0.25) is 0 Å². The van der Waals surface area contributed by atoms with Crippen LogP contribution in [0.4, 0.5) is 0 Å². The summed E-state index contributed by atoms with van der Waals surface area (Å²) >= 11 is 5.92. The number of ether oxygens (including phenoxy) is 1. The summed E-state index contributed by atoms with van der Waals surface area (Å²) in [6, 6.07) is 17.4. The number of amides is 2. The maximum absolute atomic E-state index is 13.0. The van der Waals surface area contributed by atoms with E-state index >= 15 is 0 Å². The third-order valence-corrected chi connectivity index (χ3v) is 5.12. The van der Waals surface area contributed by atoms with Crippen molar-refractivity contribution in [2.75, 3.05) is 19.8 Å². The van der Waals surface area contributed by atoms with E-state index in [2.05, 4.69) is 10.5 Å². The van der Waals surface area contributed by atoms with Crippen LogP contribution >= 0.6 is 11.6 Å². The van der Waals surface area contributed by atoms with Gasteiger partial charge in [-0.3, -0.25) is 9.59 Å². The smallest absolute Gasteiger partial charge is 0.273 e. The molecule has 1 unspecified atom stereocenters. The van der Waals surface area contributed by atoms with Crippen LogP contribution in [-0.2, 0) is 11.3 Å². The fraction of sp³-hybridized carbons (Fsp3) is 0.227. The van der Waals surface area contributed by atoms with Gasteiger partial charge in [0.05, 0.1) is 13.2 Å². The summed E-state index contributed by atoms with van der Waals surface area (Å²) in [6.45, 7) is 1.48. The highest BCUT2D eigenvalue weighted by molar-refractivity contribution is 6.30. The van der Waals surface area contributed by atoms with Crippen molar-refractivity contribution in [3.8, 4) is 0 Å². The van der Waals surface area contributed by atoms with Gasteiger partial charge in [-0.05, 0) is 29.8 Å². The van der Waals surface area contributed by atoms with Crippen molar-refractivity contribution < 1.29 is 18.8 Å². The highest BCUT2D eigenvalue weighted by Crippen LogP contribution is 2.27. The molecule has 1 atom stereocenters. The topological polar surface area (TPSA) is 84.7 Å². The fourth-order valence-corrected chi connectivity index (χ4v) is 3.39. The first-order chi connectivity index (χ1) is 14.6. The van der Waals surface area contributed by atoms with E-state index in [1.54, 1.807) is 35.2 Å². The molecular formula is C22H20ClN3O4. The Labute approximate surface area is 178 Å². The molecular weight excluding hydrogens is 406 g/mol. The number of aromatic nitrogens is 1. The summed E-state index contributed by atoms with van der Waals surface area (Å²) in [5.41, 5.74) is 1.66. The molecule has 3 aromatic rings. The lowest BCUT2D eigenvalue weighted by molar-refractivity contribution is -0.0103. The molecule has 4 rings (SSSR count). The van der Waals surface area contributed by atoms with Gasteiger partial charge in [-0.25, -0.2) is 0 Å². The van der Waals surface area contributed by atoms with Crippen LogP contribution in [0, 0.1) is 0 Å². The fourth-order valence-electron chi connectivity index (χ4n) is 3.26. The second-order valence-electron chi connectivity index (χ2n) is 6.88. The molecule has 1 N–H and O–H groups in total. The van der Waals surface area contributed by atoms with E-state index in [-0.39, 0.29) is 24.1 Å². The van der Waals surface area contributed by atoms with Crippen molar-refractivity contribution in [1.82, 2.24) is 15.4 Å². The average Bonchev–Trinajstić information content (AvgIpc) is 3.28. The van der Waals surface area contributed by atoms with E-state index < -0.39 is 6.04 Å². The SMILES string of the molecule is O=C(NCc1ccccc1)c1cc(C2COCCN2C(=O)c2ccc(Cl)cc2)on1. The van der Waals surface area contributed by atoms with Gasteiger partial charge < -0.3 is 19.5 Å². The largest absolute Gasteiger partial charge is 0.377 e. The molecule has 0 spiro atoms. The minimum absolute atomic E-state index is 0.158. The maximum atomic E-state index is 13.0. The first-order valence-electron chi connectivity index (χ1n) is 9.55. The van der Waals surface area contributed by atoms with E-state index in [1.165, 1.54) is 0 Å². The molecule has 154 valence electrons. The highest BCUT2D eigenvalue weighted by atomic mass is 35.5. The molecule has 0 bridgehead atoms. The van der Waals surface area contributed by atoms with E-state index in [1.807, 2.05) is 30.3 Å². The summed E-state index contributed by atoms with van der Waals surface area (Å²) in [7, 11) is 0. The molecule has 1 aromatic heterocycles. The number of morpholine rings is 1. The molecule has 1 fully saturated rings. The first-order valence-corrected chi connectivity index (χ1v) is 9.92. The molecule has 0 radical (unpaired) electrons. The molecule has 8 heteroatoms. The lowest BCUT2D eigenvalue weighted by Gasteiger charge is -2.34. The summed E-state index contributed by atoms with van der Waals surface area (Å²) in [6.07, 6.45) is 0. The minimum Gasteiger partial charge on any atom is -0.377 e. The molecule has 2 heterocycles. The van der Waals surface area contributed by atoms with Crippen LogP contribution in [0.15, 0.2) is 65.2 Å². The Bertz CT molecular complexity index is 1020. The van der Waals surface area contributed by atoms with Gasteiger partial charge >= 0.3 is 0 Å². The number of carbonyl (C=O) groups is 2. The molecule has 0 aliphatic carbocycles. The lowest BCUT2D eigenvalue weighted by Crippen LogP contribution is -2.43. The third kappa shape index (κ3) is 4.53. The zero-order chi connectivity index (χ0) is 20.9. The number of nitrogens with zero attached hydrogens (tertiary/aromatic N) is 2. The Morgan fingerprint density at radius 1 is 1.13 bits per heavy atom. The molecule has 1 aliphatic rings. The van der Waals surface area contributed by atoms with Crippen LogP contribution in [0.3, 0.4) is 0 Å². The quantitative estimate of drug-likeness (QED) is 0.676. The van der Waals surface area contributed by atoms with E-state index in [0.717, 1.165) is 5.56 Å². The lowest BCUT2D eigenvalue weighted by atomic mass is 10.1. The van der Waals surface area contributed by atoms with Gasteiger partial charge in [0.25, 0.3) is 11.8 Å². The standard InChI is InChI=1S/C22H20ClN3O4/c23-17-8-6-16(7-9-17)22(28)26-10-11-29-14-19(26)20-12-18(25-30-20)21(27)24-13-15-4-2-1-3-5-15/h1-9,12,19H,10-11,13-14H2,(H,24,27). The predicted octanol–water partition coefficient (Wildman–Crippen LogP) is 3.47. The van der Waals surface area contributed by atoms with Crippen LogP contribution in [0.25, 0.3) is 0 Å². The molecule has 7 nitrogen and oxygen atoms in total. The Kier molecular flexibility index (Phi) is 6.11. The minimum atomic E-state index is -0.467. The summed E-state index contributed by atoms with van der Waals surface area (Å²) in [4.78, 5) is 27.1. The number of hydrogen-bond donors (Lipinski definition) is 1. The highest BCUT2D eigenvalue weighted by Gasteiger charge is 2.32. The van der Waals surface area contributed by atoms with Crippen molar-refractivity contribution in [3.63, 3.8) is 0 Å². The molecule has 0 saturated carbocycles. The predicted molar refractivity (Wildman–Crippen MR) is 110 cm³/mol. The summed E-state index contributed by atoms with van der Waals surface area (Å²) in [5, 5.41) is 7.26. The number of halogens is 1. The first kappa shape index (κ1) is 20.1. The van der Waals surface area contributed by atoms with Crippen LogP contribution in [0.2, 0.25) is 5.02 Å². The number of nitrogens with one attached hydrogen (secondary N) is 1. The van der Waals surface area contributed by atoms with Crippen LogP contribution in [0.1, 0.15) is 38.2 Å². The van der Waals surface area contributed by atoms with Gasteiger partial charge in [-0.15, -0.1) is 0 Å². The monoisotopic (exact) mass is 425 g/mol. The van der Waals surface area contributed by atoms with Crippen molar-refractivity contribution in [2.45, 2.75) is 12.6 Å². The number of rotatable bonds is 5. The van der Waals surface area contributed by atoms with E-state index in [4.69, 9.17) is 20.9 Å². The Morgan fingerprint density at radius 2 is 1.90 bits per heavy atom. The summed E-state index contributed by atoms with van der Waals surface area (Å²) < 4.78 is 11.0. The number of hydrogen-bond acceptors (Lipinski definition) is 5.